The number of piperazine rings is 1. The van der Waals surface area contributed by atoms with Crippen LogP contribution in [0.2, 0.25) is 0 Å². The Balaban J connectivity index is 2.01. The third-order valence-electron chi connectivity index (χ3n) is 3.83. The Labute approximate surface area is 108 Å². The van der Waals surface area contributed by atoms with E-state index < -0.39 is 0 Å². The number of nitrogen functional groups attached to an aromatic ring is 1. The molecule has 1 fully saturated rings. The quantitative estimate of drug-likeness (QED) is 0.833. The van der Waals surface area contributed by atoms with Crippen molar-refractivity contribution < 1.29 is 4.39 Å². The number of nitrogens with zero attached hydrogens (tertiary/aromatic N) is 2. The first-order valence-corrected chi connectivity index (χ1v) is 6.56. The first kappa shape index (κ1) is 13.3. The van der Waals surface area contributed by atoms with Gasteiger partial charge in [0.25, 0.3) is 0 Å². The van der Waals surface area contributed by atoms with Gasteiger partial charge in [-0.05, 0) is 31.2 Å². The molecule has 1 unspecified atom stereocenters. The van der Waals surface area contributed by atoms with Crippen molar-refractivity contribution in [1.29, 1.82) is 0 Å². The van der Waals surface area contributed by atoms with Gasteiger partial charge in [-0.2, -0.15) is 0 Å². The molecule has 0 amide bonds. The van der Waals surface area contributed by atoms with Crippen LogP contribution in [0.4, 0.5) is 10.1 Å². The normalized spacial score (nSPS) is 22.3. The lowest BCUT2D eigenvalue weighted by atomic mass is 10.1. The minimum Gasteiger partial charge on any atom is -0.398 e. The van der Waals surface area contributed by atoms with Crippen molar-refractivity contribution in [3.8, 4) is 0 Å². The Bertz CT molecular complexity index is 408. The lowest BCUT2D eigenvalue weighted by Crippen LogP contribution is -2.50. The monoisotopic (exact) mass is 251 g/mol. The van der Waals surface area contributed by atoms with Gasteiger partial charge in [-0.15, -0.1) is 0 Å². The zero-order chi connectivity index (χ0) is 13.1. The number of hydrogen-bond donors (Lipinski definition) is 1. The van der Waals surface area contributed by atoms with Crippen LogP contribution in [-0.2, 0) is 6.54 Å². The molecule has 1 aliphatic heterocycles. The van der Waals surface area contributed by atoms with Gasteiger partial charge in [0.15, 0.2) is 0 Å². The molecule has 0 bridgehead atoms. The maximum absolute atomic E-state index is 13.0. The van der Waals surface area contributed by atoms with Gasteiger partial charge >= 0.3 is 0 Å². The predicted octanol–water partition coefficient (Wildman–Crippen LogP) is 1.93. The van der Waals surface area contributed by atoms with E-state index >= 15 is 0 Å². The summed E-state index contributed by atoms with van der Waals surface area (Å²) in [6, 6.07) is 5.30. The second-order valence-corrected chi connectivity index (χ2v) is 5.12. The van der Waals surface area contributed by atoms with Crippen LogP contribution in [0.25, 0.3) is 0 Å². The predicted molar refractivity (Wildman–Crippen MR) is 72.8 cm³/mol. The molecule has 0 saturated carbocycles. The zero-order valence-corrected chi connectivity index (χ0v) is 11.2. The molecule has 18 heavy (non-hydrogen) atoms. The summed E-state index contributed by atoms with van der Waals surface area (Å²) in [6.45, 7) is 6.22. The largest absolute Gasteiger partial charge is 0.398 e. The third kappa shape index (κ3) is 3.00. The average Bonchev–Trinajstić information content (AvgIpc) is 2.35. The number of halogens is 1. The van der Waals surface area contributed by atoms with E-state index in [0.29, 0.717) is 11.7 Å². The highest BCUT2D eigenvalue weighted by atomic mass is 19.1. The summed E-state index contributed by atoms with van der Waals surface area (Å²) in [7, 11) is 2.18. The summed E-state index contributed by atoms with van der Waals surface area (Å²) in [5.74, 6) is -0.263. The van der Waals surface area contributed by atoms with Crippen LogP contribution in [0.1, 0.15) is 18.9 Å². The number of benzene rings is 1. The van der Waals surface area contributed by atoms with Crippen molar-refractivity contribution in [2.75, 3.05) is 32.4 Å². The van der Waals surface area contributed by atoms with Crippen LogP contribution >= 0.6 is 0 Å². The van der Waals surface area contributed by atoms with Crippen LogP contribution < -0.4 is 5.73 Å². The maximum Gasteiger partial charge on any atom is 0.125 e. The molecule has 0 spiro atoms. The molecule has 0 aromatic heterocycles. The highest BCUT2D eigenvalue weighted by Crippen LogP contribution is 2.18. The van der Waals surface area contributed by atoms with Crippen LogP contribution in [0, 0.1) is 5.82 Å². The molecule has 4 heteroatoms. The van der Waals surface area contributed by atoms with Crippen LogP contribution in [0.15, 0.2) is 18.2 Å². The summed E-state index contributed by atoms with van der Waals surface area (Å²) >= 11 is 0. The van der Waals surface area contributed by atoms with E-state index in [4.69, 9.17) is 5.73 Å². The molecule has 0 aliphatic carbocycles. The van der Waals surface area contributed by atoms with Crippen LogP contribution in [0.3, 0.4) is 0 Å². The van der Waals surface area contributed by atoms with Crippen molar-refractivity contribution in [3.05, 3.63) is 29.6 Å². The standard InChI is InChI=1S/C14H22FN3/c1-3-13-10-18(7-6-17(13)2)9-11-4-5-12(15)8-14(11)16/h4-5,8,13H,3,6-7,9-10,16H2,1-2H3. The fraction of sp³-hybridized carbons (Fsp3) is 0.571. The van der Waals surface area contributed by atoms with E-state index in [1.807, 2.05) is 0 Å². The number of anilines is 1. The molecule has 3 nitrogen and oxygen atoms in total. The second kappa shape index (κ2) is 5.67. The van der Waals surface area contributed by atoms with E-state index in [1.165, 1.54) is 12.1 Å². The molecule has 1 heterocycles. The average molecular weight is 251 g/mol. The minimum atomic E-state index is -0.263. The maximum atomic E-state index is 13.0. The second-order valence-electron chi connectivity index (χ2n) is 5.12. The molecule has 1 aromatic rings. The molecule has 100 valence electrons. The Kier molecular flexibility index (Phi) is 4.19. The molecular formula is C14H22FN3. The topological polar surface area (TPSA) is 32.5 Å². The minimum absolute atomic E-state index is 0.263. The first-order chi connectivity index (χ1) is 8.60. The summed E-state index contributed by atoms with van der Waals surface area (Å²) in [6.07, 6.45) is 1.16. The fourth-order valence-corrected chi connectivity index (χ4v) is 2.55. The number of nitrogens with two attached hydrogens (primary N) is 1. The summed E-state index contributed by atoms with van der Waals surface area (Å²) in [5, 5.41) is 0. The zero-order valence-electron chi connectivity index (χ0n) is 11.2. The van der Waals surface area contributed by atoms with Crippen molar-refractivity contribution >= 4 is 5.69 Å². The van der Waals surface area contributed by atoms with Gasteiger partial charge in [0.1, 0.15) is 5.82 Å². The summed E-state index contributed by atoms with van der Waals surface area (Å²) < 4.78 is 13.0. The van der Waals surface area contributed by atoms with E-state index in [1.54, 1.807) is 6.07 Å². The Morgan fingerprint density at radius 2 is 2.17 bits per heavy atom. The lowest BCUT2D eigenvalue weighted by Gasteiger charge is -2.39. The van der Waals surface area contributed by atoms with Crippen LogP contribution in [0.5, 0.6) is 0 Å². The number of rotatable bonds is 3. The van der Waals surface area contributed by atoms with E-state index in [2.05, 4.69) is 23.8 Å². The van der Waals surface area contributed by atoms with Crippen LogP contribution in [-0.4, -0.2) is 42.5 Å². The molecule has 2 N–H and O–H groups in total. The molecule has 1 saturated heterocycles. The van der Waals surface area contributed by atoms with Crippen molar-refractivity contribution in [1.82, 2.24) is 9.80 Å². The van der Waals surface area contributed by atoms with Gasteiger partial charge in [0, 0.05) is 37.9 Å². The van der Waals surface area contributed by atoms with Gasteiger partial charge in [0.05, 0.1) is 0 Å². The lowest BCUT2D eigenvalue weighted by molar-refractivity contribution is 0.0885. The first-order valence-electron chi connectivity index (χ1n) is 6.56. The van der Waals surface area contributed by atoms with E-state index in [9.17, 15) is 4.39 Å². The van der Waals surface area contributed by atoms with Crippen molar-refractivity contribution in [2.24, 2.45) is 0 Å². The van der Waals surface area contributed by atoms with Gasteiger partial charge in [-0.1, -0.05) is 13.0 Å². The molecule has 1 aliphatic rings. The van der Waals surface area contributed by atoms with Crippen molar-refractivity contribution in [3.63, 3.8) is 0 Å². The highest BCUT2D eigenvalue weighted by Gasteiger charge is 2.23. The van der Waals surface area contributed by atoms with Crippen molar-refractivity contribution in [2.45, 2.75) is 25.9 Å². The van der Waals surface area contributed by atoms with Gasteiger partial charge < -0.3 is 10.6 Å². The smallest absolute Gasteiger partial charge is 0.125 e. The van der Waals surface area contributed by atoms with Gasteiger partial charge in [0.2, 0.25) is 0 Å². The van der Waals surface area contributed by atoms with Gasteiger partial charge in [-0.3, -0.25) is 4.90 Å². The van der Waals surface area contributed by atoms with Gasteiger partial charge in [-0.25, -0.2) is 4.39 Å². The molecule has 1 aromatic carbocycles. The molecular weight excluding hydrogens is 229 g/mol. The third-order valence-corrected chi connectivity index (χ3v) is 3.83. The van der Waals surface area contributed by atoms with E-state index in [0.717, 1.165) is 38.2 Å². The summed E-state index contributed by atoms with van der Waals surface area (Å²) in [5.41, 5.74) is 7.44. The highest BCUT2D eigenvalue weighted by molar-refractivity contribution is 5.46. The molecule has 0 radical (unpaired) electrons. The fourth-order valence-electron chi connectivity index (χ4n) is 2.55. The molecule has 2 rings (SSSR count). The summed E-state index contributed by atoms with van der Waals surface area (Å²) in [4.78, 5) is 4.81. The Morgan fingerprint density at radius 3 is 2.83 bits per heavy atom. The Hall–Kier alpha value is -1.13. The molecule has 1 atom stereocenters. The number of hydrogen-bond acceptors (Lipinski definition) is 3. The Morgan fingerprint density at radius 1 is 1.39 bits per heavy atom. The number of likely N-dealkylation sites (N-methyl/N-ethyl adjacent to an activating group) is 1. The van der Waals surface area contributed by atoms with E-state index in [-0.39, 0.29) is 5.82 Å². The SMILES string of the molecule is CCC1CN(Cc2ccc(F)cc2N)CCN1C.